The molecule has 0 aromatic carbocycles. The normalized spacial score (nSPS) is 13.5. The van der Waals surface area contributed by atoms with Crippen molar-refractivity contribution in [2.24, 2.45) is 17.2 Å². The summed E-state index contributed by atoms with van der Waals surface area (Å²) < 4.78 is 0. The van der Waals surface area contributed by atoms with Gasteiger partial charge in [0.15, 0.2) is 0 Å². The zero-order valence-electron chi connectivity index (χ0n) is 22.3. The molecule has 16 nitrogen and oxygen atoms in total. The maximum Gasteiger partial charge on any atom is 0.237 e. The zero-order chi connectivity index (χ0) is 28.7. The Morgan fingerprint density at radius 2 is 0.925 bits per heavy atom. The van der Waals surface area contributed by atoms with Gasteiger partial charge < -0.3 is 48.1 Å². The highest BCUT2D eigenvalue weighted by atomic mass is 16.2. The molecule has 0 radical (unpaired) electrons. The number of carbonyl (C=O) groups is 3. The van der Waals surface area contributed by atoms with Crippen molar-refractivity contribution in [2.75, 3.05) is 39.3 Å². The van der Waals surface area contributed by atoms with E-state index in [-0.39, 0.29) is 17.7 Å². The van der Waals surface area contributed by atoms with E-state index in [1.807, 2.05) is 4.90 Å². The number of imidazole rings is 3. The fourth-order valence-corrected chi connectivity index (χ4v) is 3.92. The first kappa shape index (κ1) is 30.4. The molecule has 40 heavy (non-hydrogen) atoms. The predicted octanol–water partition coefficient (Wildman–Crippen LogP) is -3.48. The van der Waals surface area contributed by atoms with Crippen molar-refractivity contribution in [3.05, 3.63) is 54.7 Å². The molecule has 0 aliphatic heterocycles. The molecule has 3 amide bonds. The molecule has 0 spiro atoms. The molecule has 3 rings (SSSR count). The van der Waals surface area contributed by atoms with Gasteiger partial charge in [-0.1, -0.05) is 0 Å². The lowest BCUT2D eigenvalue weighted by molar-refractivity contribution is -0.122. The number of nitrogens with two attached hydrogens (primary N) is 3. The lowest BCUT2D eigenvalue weighted by Gasteiger charge is -2.24. The average Bonchev–Trinajstić information content (AvgIpc) is 3.73. The van der Waals surface area contributed by atoms with Crippen molar-refractivity contribution < 1.29 is 14.4 Å². The summed E-state index contributed by atoms with van der Waals surface area (Å²) in [5.74, 6) is -0.859. The molecule has 0 aliphatic carbocycles. The number of H-pyrrole nitrogens is 3. The van der Waals surface area contributed by atoms with Crippen LogP contribution in [0.5, 0.6) is 0 Å². The Kier molecular flexibility index (Phi) is 12.2. The molecule has 16 heteroatoms. The number of nitrogens with one attached hydrogen (secondary N) is 6. The van der Waals surface area contributed by atoms with Crippen LogP contribution in [0.1, 0.15) is 17.1 Å². The average molecular weight is 558 g/mol. The quantitative estimate of drug-likeness (QED) is 0.0746. The van der Waals surface area contributed by atoms with Gasteiger partial charge in [0.1, 0.15) is 0 Å². The van der Waals surface area contributed by atoms with Gasteiger partial charge in [-0.05, 0) is 0 Å². The maximum atomic E-state index is 12.4. The van der Waals surface area contributed by atoms with E-state index in [1.165, 1.54) is 19.0 Å². The monoisotopic (exact) mass is 557 g/mol. The second kappa shape index (κ2) is 16.1. The highest BCUT2D eigenvalue weighted by Crippen LogP contribution is 1.99. The van der Waals surface area contributed by atoms with Gasteiger partial charge in [0, 0.05) is 94.2 Å². The Labute approximate surface area is 231 Å². The van der Waals surface area contributed by atoms with Crippen molar-refractivity contribution in [1.82, 2.24) is 50.8 Å². The minimum Gasteiger partial charge on any atom is -0.353 e. The van der Waals surface area contributed by atoms with Crippen LogP contribution in [0.2, 0.25) is 0 Å². The molecule has 3 aromatic heterocycles. The minimum absolute atomic E-state index is 0.286. The molecule has 3 unspecified atom stereocenters. The van der Waals surface area contributed by atoms with E-state index in [4.69, 9.17) is 17.2 Å². The van der Waals surface area contributed by atoms with Crippen LogP contribution in [0.25, 0.3) is 0 Å². The first-order valence-corrected chi connectivity index (χ1v) is 13.1. The molecular weight excluding hydrogens is 518 g/mol. The summed E-state index contributed by atoms with van der Waals surface area (Å²) in [7, 11) is 0. The van der Waals surface area contributed by atoms with Crippen molar-refractivity contribution in [1.29, 1.82) is 0 Å². The molecule has 3 aromatic rings. The first-order chi connectivity index (χ1) is 19.3. The van der Waals surface area contributed by atoms with E-state index >= 15 is 0 Å². The lowest BCUT2D eigenvalue weighted by atomic mass is 10.1. The van der Waals surface area contributed by atoms with Crippen LogP contribution in [0.4, 0.5) is 0 Å². The van der Waals surface area contributed by atoms with Gasteiger partial charge in [0.25, 0.3) is 0 Å². The standard InChI is InChI=1S/C24H39N13O3/c25-19(7-16-10-28-13-34-16)22(38)31-1-4-37(5-2-32-23(39)20(26)8-17-11-29-14-35-17)6-3-33-24(40)21(27)9-18-12-30-15-36-18/h10-15,19-21H,1-9,25-27H2,(H,28,34)(H,29,35)(H,30,36)(H,31,38)(H,32,39)(H,33,40). The molecule has 0 aliphatic rings. The highest BCUT2D eigenvalue weighted by Gasteiger charge is 2.18. The Balaban J connectivity index is 1.43. The maximum absolute atomic E-state index is 12.4. The third kappa shape index (κ3) is 10.6. The Morgan fingerprint density at radius 3 is 1.18 bits per heavy atom. The summed E-state index contributed by atoms with van der Waals surface area (Å²) >= 11 is 0. The van der Waals surface area contributed by atoms with E-state index < -0.39 is 18.1 Å². The number of carbonyl (C=O) groups excluding carboxylic acids is 3. The Hall–Kier alpha value is -4.12. The van der Waals surface area contributed by atoms with Gasteiger partial charge in [-0.25, -0.2) is 15.0 Å². The predicted molar refractivity (Wildman–Crippen MR) is 146 cm³/mol. The first-order valence-electron chi connectivity index (χ1n) is 13.1. The van der Waals surface area contributed by atoms with Gasteiger partial charge >= 0.3 is 0 Å². The van der Waals surface area contributed by atoms with E-state index in [0.29, 0.717) is 58.5 Å². The van der Waals surface area contributed by atoms with E-state index in [9.17, 15) is 14.4 Å². The van der Waals surface area contributed by atoms with Crippen LogP contribution in [0, 0.1) is 0 Å². The SMILES string of the molecule is NC(Cc1cnc[nH]1)C(=O)NCCN(CCNC(=O)C(N)Cc1cnc[nH]1)CCNC(=O)C(N)Cc1cnc[nH]1. The summed E-state index contributed by atoms with van der Waals surface area (Å²) in [5, 5.41) is 8.51. The Morgan fingerprint density at radius 1 is 0.625 bits per heavy atom. The second-order valence-electron chi connectivity index (χ2n) is 9.38. The molecule has 218 valence electrons. The molecule has 0 saturated heterocycles. The zero-order valence-corrected chi connectivity index (χ0v) is 22.3. The van der Waals surface area contributed by atoms with Gasteiger partial charge in [-0.2, -0.15) is 0 Å². The summed E-state index contributed by atoms with van der Waals surface area (Å²) in [5.41, 5.74) is 20.3. The van der Waals surface area contributed by atoms with Crippen LogP contribution >= 0.6 is 0 Å². The van der Waals surface area contributed by atoms with Crippen molar-refractivity contribution in [3.8, 4) is 0 Å². The van der Waals surface area contributed by atoms with Crippen LogP contribution in [-0.4, -0.2) is 110 Å². The summed E-state index contributed by atoms with van der Waals surface area (Å²) in [6.45, 7) is 2.39. The van der Waals surface area contributed by atoms with Crippen LogP contribution < -0.4 is 33.2 Å². The minimum atomic E-state index is -0.722. The number of hydrogen-bond acceptors (Lipinski definition) is 10. The van der Waals surface area contributed by atoms with Crippen LogP contribution in [0.3, 0.4) is 0 Å². The van der Waals surface area contributed by atoms with E-state index in [2.05, 4.69) is 45.9 Å². The largest absolute Gasteiger partial charge is 0.353 e. The summed E-state index contributed by atoms with van der Waals surface area (Å²) in [6, 6.07) is -2.17. The second-order valence-corrected chi connectivity index (χ2v) is 9.38. The number of nitrogens with zero attached hydrogens (tertiary/aromatic N) is 4. The van der Waals surface area contributed by atoms with Crippen LogP contribution in [-0.2, 0) is 33.6 Å². The van der Waals surface area contributed by atoms with Crippen molar-refractivity contribution in [3.63, 3.8) is 0 Å². The number of hydrogen-bond donors (Lipinski definition) is 9. The molecule has 0 fully saturated rings. The molecule has 3 heterocycles. The molecule has 3 atom stereocenters. The Bertz CT molecular complexity index is 992. The third-order valence-corrected chi connectivity index (χ3v) is 6.18. The van der Waals surface area contributed by atoms with Crippen LogP contribution in [0.15, 0.2) is 37.6 Å². The fraction of sp³-hybridized carbons (Fsp3) is 0.500. The van der Waals surface area contributed by atoms with E-state index in [0.717, 1.165) is 17.1 Å². The number of rotatable bonds is 18. The van der Waals surface area contributed by atoms with E-state index in [1.54, 1.807) is 18.6 Å². The third-order valence-electron chi connectivity index (χ3n) is 6.18. The number of aromatic nitrogens is 6. The number of amides is 3. The summed E-state index contributed by atoms with van der Waals surface area (Å²) in [6.07, 6.45) is 10.5. The molecular formula is C24H39N13O3. The molecule has 12 N–H and O–H groups in total. The van der Waals surface area contributed by atoms with Crippen molar-refractivity contribution in [2.45, 2.75) is 37.4 Å². The van der Waals surface area contributed by atoms with Gasteiger partial charge in [-0.3, -0.25) is 19.3 Å². The fourth-order valence-electron chi connectivity index (χ4n) is 3.92. The van der Waals surface area contributed by atoms with Crippen molar-refractivity contribution >= 4 is 17.7 Å². The van der Waals surface area contributed by atoms with Gasteiger partial charge in [0.05, 0.1) is 37.1 Å². The smallest absolute Gasteiger partial charge is 0.237 e. The molecule has 0 saturated carbocycles. The van der Waals surface area contributed by atoms with Gasteiger partial charge in [0.2, 0.25) is 17.7 Å². The van der Waals surface area contributed by atoms with Gasteiger partial charge in [-0.15, -0.1) is 0 Å². The summed E-state index contributed by atoms with van der Waals surface area (Å²) in [4.78, 5) is 59.8. The lowest BCUT2D eigenvalue weighted by Crippen LogP contribution is -2.49. The molecule has 0 bridgehead atoms. The number of aromatic amines is 3. The topological polar surface area (TPSA) is 255 Å². The highest BCUT2D eigenvalue weighted by molar-refractivity contribution is 5.82.